The summed E-state index contributed by atoms with van der Waals surface area (Å²) in [5, 5.41) is 29.4. The molecule has 30 heavy (non-hydrogen) atoms. The Labute approximate surface area is 177 Å². The first kappa shape index (κ1) is 21.7. The number of esters is 1. The first-order valence-corrected chi connectivity index (χ1v) is 10.7. The molecule has 0 aromatic rings. The highest BCUT2D eigenvalue weighted by atomic mass is 16.6. The van der Waals surface area contributed by atoms with Gasteiger partial charge in [-0.3, -0.25) is 0 Å². The normalized spacial score (nSPS) is 44.2. The first-order chi connectivity index (χ1) is 14.2. The minimum Gasteiger partial charge on any atom is -0.458 e. The van der Waals surface area contributed by atoms with Crippen molar-refractivity contribution in [1.29, 1.82) is 0 Å². The van der Waals surface area contributed by atoms with Gasteiger partial charge in [0.15, 0.2) is 0 Å². The Hall–Kier alpha value is -1.51. The van der Waals surface area contributed by atoms with Crippen molar-refractivity contribution >= 4 is 5.97 Å². The number of carbonyl (C=O) groups excluding carboxylic acids is 1. The van der Waals surface area contributed by atoms with Crippen LogP contribution >= 0.6 is 0 Å². The molecule has 166 valence electrons. The van der Waals surface area contributed by atoms with E-state index in [1.165, 1.54) is 36.8 Å². The number of hydrogen-bond donors (Lipinski definition) is 3. The Bertz CT molecular complexity index is 780. The van der Waals surface area contributed by atoms with E-state index in [0.717, 1.165) is 12.8 Å². The van der Waals surface area contributed by atoms with Gasteiger partial charge in [-0.15, -0.1) is 0 Å². The van der Waals surface area contributed by atoms with Gasteiger partial charge in [-0.2, -0.15) is 0 Å². The molecule has 2 heterocycles. The Morgan fingerprint density at radius 2 is 2.13 bits per heavy atom. The van der Waals surface area contributed by atoms with Gasteiger partial charge in [0, 0.05) is 23.3 Å². The Kier molecular flexibility index (Phi) is 5.48. The lowest BCUT2D eigenvalue weighted by Gasteiger charge is -2.58. The van der Waals surface area contributed by atoms with E-state index >= 15 is 0 Å². The van der Waals surface area contributed by atoms with Crippen molar-refractivity contribution in [1.82, 2.24) is 0 Å². The molecule has 2 bridgehead atoms. The second-order valence-electron chi connectivity index (χ2n) is 9.39. The molecule has 7 heteroatoms. The summed E-state index contributed by atoms with van der Waals surface area (Å²) in [5.41, 5.74) is -0.378. The molecule has 1 saturated carbocycles. The van der Waals surface area contributed by atoms with Crippen molar-refractivity contribution in [3.63, 3.8) is 0 Å². The molecular formula is C23H32O7. The number of fused-ring (bicyclic) bond motifs is 2. The molecule has 3 fully saturated rings. The van der Waals surface area contributed by atoms with Gasteiger partial charge in [0.25, 0.3) is 0 Å². The van der Waals surface area contributed by atoms with Crippen molar-refractivity contribution in [2.75, 3.05) is 13.2 Å². The van der Waals surface area contributed by atoms with Gasteiger partial charge in [-0.1, -0.05) is 36.8 Å². The minimum atomic E-state index is -0.994. The minimum absolute atomic E-state index is 0.0559. The van der Waals surface area contributed by atoms with E-state index in [-0.39, 0.29) is 18.8 Å². The Morgan fingerprint density at radius 1 is 1.40 bits per heavy atom. The number of allylic oxidation sites excluding steroid dienone is 3. The third-order valence-electron chi connectivity index (χ3n) is 7.90. The SMILES string of the molecule is CC1=C[C@H]2O[C@@H]3C[C@@H](OC(=O)/C=C\C=C\[C@H](O)[C@@H](C)O)[C@@](C)(C34CO4)[C@@]2(CO)CC1. The fourth-order valence-electron chi connectivity index (χ4n) is 5.82. The zero-order chi connectivity index (χ0) is 21.7. The van der Waals surface area contributed by atoms with E-state index in [0.29, 0.717) is 13.0 Å². The van der Waals surface area contributed by atoms with Crippen molar-refractivity contribution in [3.05, 3.63) is 36.0 Å². The molecule has 3 N–H and O–H groups in total. The van der Waals surface area contributed by atoms with Crippen LogP contribution in [0.5, 0.6) is 0 Å². The third-order valence-corrected chi connectivity index (χ3v) is 7.90. The highest BCUT2D eigenvalue weighted by Gasteiger charge is 2.82. The number of hydrogen-bond acceptors (Lipinski definition) is 7. The largest absolute Gasteiger partial charge is 0.458 e. The van der Waals surface area contributed by atoms with Crippen molar-refractivity contribution in [2.45, 2.75) is 76.2 Å². The summed E-state index contributed by atoms with van der Waals surface area (Å²) in [6, 6.07) is 0. The van der Waals surface area contributed by atoms with Crippen LogP contribution in [0, 0.1) is 10.8 Å². The van der Waals surface area contributed by atoms with E-state index in [1.54, 1.807) is 0 Å². The quantitative estimate of drug-likeness (QED) is 0.196. The summed E-state index contributed by atoms with van der Waals surface area (Å²) in [5.74, 6) is -0.493. The topological polar surface area (TPSA) is 109 Å². The maximum atomic E-state index is 12.5. The van der Waals surface area contributed by atoms with Crippen LogP contribution in [-0.2, 0) is 19.0 Å². The van der Waals surface area contributed by atoms with Crippen LogP contribution in [0.25, 0.3) is 0 Å². The van der Waals surface area contributed by atoms with Gasteiger partial charge in [-0.05, 0) is 26.7 Å². The maximum absolute atomic E-state index is 12.5. The molecule has 1 spiro atoms. The van der Waals surface area contributed by atoms with Crippen LogP contribution in [-0.4, -0.2) is 70.6 Å². The second kappa shape index (κ2) is 7.57. The average molecular weight is 421 g/mol. The fourth-order valence-corrected chi connectivity index (χ4v) is 5.82. The number of rotatable bonds is 6. The molecule has 1 unspecified atom stereocenters. The molecule has 8 atom stereocenters. The predicted octanol–water partition coefficient (Wildman–Crippen LogP) is 1.42. The molecule has 2 aliphatic heterocycles. The molecule has 0 aromatic heterocycles. The number of aliphatic hydroxyl groups excluding tert-OH is 3. The summed E-state index contributed by atoms with van der Waals surface area (Å²) < 4.78 is 18.3. The summed E-state index contributed by atoms with van der Waals surface area (Å²) in [4.78, 5) is 12.5. The lowest BCUT2D eigenvalue weighted by Crippen LogP contribution is -2.66. The van der Waals surface area contributed by atoms with Crippen LogP contribution in [0.1, 0.15) is 40.0 Å². The molecule has 0 aromatic carbocycles. The summed E-state index contributed by atoms with van der Waals surface area (Å²) >= 11 is 0. The van der Waals surface area contributed by atoms with Gasteiger partial charge in [0.1, 0.15) is 11.7 Å². The molecule has 0 radical (unpaired) electrons. The summed E-state index contributed by atoms with van der Waals surface area (Å²) in [7, 11) is 0. The van der Waals surface area contributed by atoms with Crippen molar-refractivity contribution < 1.29 is 34.3 Å². The highest BCUT2D eigenvalue weighted by Crippen LogP contribution is 2.71. The second-order valence-corrected chi connectivity index (χ2v) is 9.39. The zero-order valence-electron chi connectivity index (χ0n) is 17.8. The number of aliphatic hydroxyl groups is 3. The average Bonchev–Trinajstić information content (AvgIpc) is 3.48. The van der Waals surface area contributed by atoms with Crippen LogP contribution in [0.15, 0.2) is 36.0 Å². The molecule has 7 nitrogen and oxygen atoms in total. The van der Waals surface area contributed by atoms with Gasteiger partial charge < -0.3 is 29.5 Å². The monoisotopic (exact) mass is 420 g/mol. The van der Waals surface area contributed by atoms with Crippen molar-refractivity contribution in [2.24, 2.45) is 10.8 Å². The zero-order valence-corrected chi connectivity index (χ0v) is 17.8. The third kappa shape index (κ3) is 3.02. The van der Waals surface area contributed by atoms with Gasteiger partial charge in [0.05, 0.1) is 37.6 Å². The molecular weight excluding hydrogens is 388 g/mol. The van der Waals surface area contributed by atoms with Gasteiger partial charge in [0.2, 0.25) is 0 Å². The van der Waals surface area contributed by atoms with Crippen LogP contribution in [0.3, 0.4) is 0 Å². The number of epoxide rings is 1. The lowest BCUT2D eigenvalue weighted by molar-refractivity contribution is -0.228. The predicted molar refractivity (Wildman–Crippen MR) is 108 cm³/mol. The standard InChI is InChI=1S/C23H32O7/c1-14-8-9-22(12-24)18(10-14)29-19-11-17(21(22,3)23(19)13-28-23)30-20(27)7-5-4-6-16(26)15(2)25/h4-7,10,15-19,24-26H,8-9,11-13H2,1-3H3/b6-4+,7-5-/t15-,16+,17-,18-,19-,21-,22-,23?/m1/s1. The van der Waals surface area contributed by atoms with E-state index in [4.69, 9.17) is 14.2 Å². The molecule has 4 aliphatic rings. The van der Waals surface area contributed by atoms with E-state index in [9.17, 15) is 20.1 Å². The van der Waals surface area contributed by atoms with Crippen LogP contribution in [0.2, 0.25) is 0 Å². The molecule has 0 amide bonds. The fraction of sp³-hybridized carbons (Fsp3) is 0.696. The van der Waals surface area contributed by atoms with Gasteiger partial charge >= 0.3 is 5.97 Å². The Morgan fingerprint density at radius 3 is 2.77 bits per heavy atom. The van der Waals surface area contributed by atoms with E-state index < -0.39 is 40.7 Å². The van der Waals surface area contributed by atoms with Crippen LogP contribution in [0.4, 0.5) is 0 Å². The first-order valence-electron chi connectivity index (χ1n) is 10.7. The maximum Gasteiger partial charge on any atom is 0.331 e. The van der Waals surface area contributed by atoms with E-state index in [1.807, 2.05) is 0 Å². The summed E-state index contributed by atoms with van der Waals surface area (Å²) in [6.45, 7) is 6.14. The lowest BCUT2D eigenvalue weighted by atomic mass is 9.51. The van der Waals surface area contributed by atoms with E-state index in [2.05, 4.69) is 19.9 Å². The molecule has 2 aliphatic carbocycles. The molecule has 2 saturated heterocycles. The van der Waals surface area contributed by atoms with Crippen LogP contribution < -0.4 is 0 Å². The number of ether oxygens (including phenoxy) is 3. The molecule has 4 rings (SSSR count). The Balaban J connectivity index is 1.55. The number of carbonyl (C=O) groups is 1. The summed E-state index contributed by atoms with van der Waals surface area (Å²) in [6.07, 6.45) is 7.27. The van der Waals surface area contributed by atoms with Gasteiger partial charge in [-0.25, -0.2) is 4.79 Å². The smallest absolute Gasteiger partial charge is 0.331 e. The highest BCUT2D eigenvalue weighted by molar-refractivity contribution is 5.82. The van der Waals surface area contributed by atoms with Crippen molar-refractivity contribution in [3.8, 4) is 0 Å².